The topological polar surface area (TPSA) is 209 Å². The number of sulfonamides is 3. The van der Waals surface area contributed by atoms with Gasteiger partial charge in [0.15, 0.2) is 0 Å². The van der Waals surface area contributed by atoms with E-state index in [1.165, 1.54) is 24.3 Å². The van der Waals surface area contributed by atoms with Gasteiger partial charge in [-0.3, -0.25) is 0 Å². The minimum Gasteiger partial charge on any atom is -0.378 e. The van der Waals surface area contributed by atoms with Gasteiger partial charge in [-0.2, -0.15) is 0 Å². The summed E-state index contributed by atoms with van der Waals surface area (Å²) in [5, 5.41) is 4.12. The number of ether oxygens (including phenoxy) is 6. The van der Waals surface area contributed by atoms with Crippen LogP contribution in [0.3, 0.4) is 0 Å². The van der Waals surface area contributed by atoms with E-state index in [1.807, 2.05) is 26.2 Å². The van der Waals surface area contributed by atoms with Crippen LogP contribution in [0, 0.1) is 0 Å². The van der Waals surface area contributed by atoms with Gasteiger partial charge >= 0.3 is 0 Å². The molecule has 4 aromatic carbocycles. The van der Waals surface area contributed by atoms with Crippen molar-refractivity contribution >= 4 is 53.3 Å². The molecule has 0 saturated carbocycles. The molecule has 67 heavy (non-hydrogen) atoms. The van der Waals surface area contributed by atoms with Crippen LogP contribution < -0.4 is 19.5 Å². The summed E-state index contributed by atoms with van der Waals surface area (Å²) in [7, 11) is -7.52. The Labute approximate surface area is 405 Å². The lowest BCUT2D eigenvalue weighted by Gasteiger charge is -2.33. The maximum Gasteiger partial charge on any atom is 0.240 e. The predicted octanol–water partition coefficient (Wildman–Crippen LogP) is 4.09. The summed E-state index contributed by atoms with van der Waals surface area (Å²) in [4.78, 5) is 2.46. The molecule has 1 heterocycles. The van der Waals surface area contributed by atoms with E-state index in [9.17, 15) is 25.3 Å². The van der Waals surface area contributed by atoms with Crippen LogP contribution in [0.5, 0.6) is 0 Å². The lowest BCUT2D eigenvalue weighted by molar-refractivity contribution is 0.0164. The molecule has 5 rings (SSSR count). The summed E-state index contributed by atoms with van der Waals surface area (Å²) in [6.45, 7) is 6.05. The van der Waals surface area contributed by atoms with Crippen molar-refractivity contribution in [3.05, 3.63) is 112 Å². The molecule has 0 aromatic heterocycles. The number of benzene rings is 4. The molecule has 0 saturated heterocycles. The Morgan fingerprint density at radius 3 is 1.40 bits per heavy atom. The molecule has 1 aliphatic rings. The number of nitrogens with zero attached hydrogens (tertiary/aromatic N) is 1. The molecule has 17 nitrogen and oxygen atoms in total. The summed E-state index contributed by atoms with van der Waals surface area (Å²) in [5.74, 6) is -0.0993. The average molecular weight is 1030 g/mol. The Hall–Kier alpha value is -3.13. The van der Waals surface area contributed by atoms with E-state index in [1.54, 1.807) is 48.5 Å². The number of hydrogen-bond donors (Lipinski definition) is 4. The van der Waals surface area contributed by atoms with E-state index >= 15 is 0 Å². The fourth-order valence-electron chi connectivity index (χ4n) is 6.93. The summed E-state index contributed by atoms with van der Waals surface area (Å²) in [6.07, 6.45) is 0. The number of hydrogen-bond acceptors (Lipinski definition) is 14. The van der Waals surface area contributed by atoms with Crippen molar-refractivity contribution in [3.8, 4) is 11.1 Å². The first-order chi connectivity index (χ1) is 32.2. The highest BCUT2D eigenvalue weighted by molar-refractivity contribution is 7.90. The Kier molecular flexibility index (Phi) is 22.8. The van der Waals surface area contributed by atoms with Gasteiger partial charge in [0.25, 0.3) is 0 Å². The number of nitrogens with one attached hydrogen (secondary N) is 4. The van der Waals surface area contributed by atoms with E-state index < -0.39 is 30.1 Å². The molecule has 0 amide bonds. The second kappa shape index (κ2) is 27.9. The van der Waals surface area contributed by atoms with Crippen LogP contribution in [0.2, 0.25) is 10.0 Å². The monoisotopic (exact) mass is 1030 g/mol. The van der Waals surface area contributed by atoms with Crippen LogP contribution in [0.4, 0.5) is 0 Å². The normalized spacial score (nSPS) is 14.7. The third kappa shape index (κ3) is 18.0. The number of rotatable bonds is 32. The smallest absolute Gasteiger partial charge is 0.240 e. The predicted molar refractivity (Wildman–Crippen MR) is 257 cm³/mol. The van der Waals surface area contributed by atoms with E-state index in [0.717, 1.165) is 23.2 Å². The van der Waals surface area contributed by atoms with Gasteiger partial charge in [0.2, 0.25) is 30.1 Å². The summed E-state index contributed by atoms with van der Waals surface area (Å²) < 4.78 is 118. The zero-order valence-corrected chi connectivity index (χ0v) is 41.7. The van der Waals surface area contributed by atoms with Crippen LogP contribution in [0.1, 0.15) is 22.6 Å². The zero-order valence-electron chi connectivity index (χ0n) is 37.7. The van der Waals surface area contributed by atoms with Crippen molar-refractivity contribution in [2.45, 2.75) is 27.1 Å². The Balaban J connectivity index is 0.901. The summed E-state index contributed by atoms with van der Waals surface area (Å²) in [6, 6.07) is 23.0. The van der Waals surface area contributed by atoms with E-state index in [-0.39, 0.29) is 86.5 Å². The molecule has 1 unspecified atom stereocenters. The van der Waals surface area contributed by atoms with Gasteiger partial charge in [0, 0.05) is 55.2 Å². The van der Waals surface area contributed by atoms with Crippen LogP contribution in [-0.4, -0.2) is 156 Å². The van der Waals surface area contributed by atoms with Crippen LogP contribution in [0.25, 0.3) is 11.1 Å². The first kappa shape index (κ1) is 54.8. The molecule has 0 radical (unpaired) electrons. The average Bonchev–Trinajstić information content (AvgIpc) is 3.31. The van der Waals surface area contributed by atoms with E-state index in [2.05, 4.69) is 24.4 Å². The maximum absolute atomic E-state index is 13.1. The van der Waals surface area contributed by atoms with Gasteiger partial charge < -0.3 is 38.6 Å². The van der Waals surface area contributed by atoms with Gasteiger partial charge in [-0.05, 0) is 90.4 Å². The van der Waals surface area contributed by atoms with E-state index in [0.29, 0.717) is 67.3 Å². The lowest BCUT2D eigenvalue weighted by atomic mass is 9.85. The van der Waals surface area contributed by atoms with Gasteiger partial charge in [-0.1, -0.05) is 59.6 Å². The fourth-order valence-corrected chi connectivity index (χ4v) is 10.6. The van der Waals surface area contributed by atoms with Gasteiger partial charge in [-0.15, -0.1) is 0 Å². The van der Waals surface area contributed by atoms with Gasteiger partial charge in [0.1, 0.15) is 0 Å². The molecule has 22 heteroatoms. The van der Waals surface area contributed by atoms with E-state index in [4.69, 9.17) is 51.6 Å². The highest BCUT2D eigenvalue weighted by Gasteiger charge is 2.28. The molecular weight excluding hydrogens is 970 g/mol. The lowest BCUT2D eigenvalue weighted by Crippen LogP contribution is -2.31. The molecule has 370 valence electrons. The molecule has 0 aliphatic carbocycles. The third-order valence-corrected chi connectivity index (χ3v) is 15.3. The Morgan fingerprint density at radius 1 is 0.537 bits per heavy atom. The number of fused-ring (bicyclic) bond motifs is 1. The molecule has 1 aliphatic heterocycles. The SMILES string of the molecule is CNCCOCCOCCOCCNS(=O)(=O)c1ccc(-c2ccc(S(=O)(=O)NCCOCCOCCOCCNS(=O)(=O)c3cccc(C4CN(C)Cc5c(Cl)cc(Cl)cc54)c3)cc2)cc1. The molecule has 4 aromatic rings. The van der Waals surface area contributed by atoms with Crippen molar-refractivity contribution in [3.63, 3.8) is 0 Å². The molecule has 1 atom stereocenters. The highest BCUT2D eigenvalue weighted by atomic mass is 35.5. The summed E-state index contributed by atoms with van der Waals surface area (Å²) in [5.41, 5.74) is 4.24. The number of likely N-dealkylation sites (N-methyl/N-ethyl adjacent to an activating group) is 2. The quantitative estimate of drug-likeness (QED) is 0.0509. The minimum atomic E-state index is -3.81. The van der Waals surface area contributed by atoms with Crippen molar-refractivity contribution in [1.29, 1.82) is 0 Å². The van der Waals surface area contributed by atoms with Crippen LogP contribution >= 0.6 is 23.2 Å². The molecule has 0 bridgehead atoms. The molecule has 0 fully saturated rings. The standard InChI is InChI=1S/C45H61Cl2N5O12S3/c1-48-14-18-59-22-26-63-27-23-60-19-15-49-65(53,54)39-10-6-35(7-11-39)36-8-12-40(13-9-36)66(55,56)50-16-20-61-24-28-64-29-25-62-21-17-51-67(57,58)41-5-3-4-37(30-41)43-33-52(2)34-44-42(43)31-38(46)32-45(44)47/h3-13,30-32,43,48-51H,14-29,33-34H2,1-2H3. The number of halogens is 2. The second-order valence-electron chi connectivity index (χ2n) is 15.3. The summed E-state index contributed by atoms with van der Waals surface area (Å²) >= 11 is 12.8. The highest BCUT2D eigenvalue weighted by Crippen LogP contribution is 2.39. The maximum atomic E-state index is 13.1. The second-order valence-corrected chi connectivity index (χ2v) is 21.4. The van der Waals surface area contributed by atoms with Crippen molar-refractivity contribution in [2.75, 3.05) is 126 Å². The Morgan fingerprint density at radius 2 is 0.955 bits per heavy atom. The molecule has 4 N–H and O–H groups in total. The van der Waals surface area contributed by atoms with Gasteiger partial charge in [0.05, 0.1) is 94.0 Å². The van der Waals surface area contributed by atoms with Crippen molar-refractivity contribution in [2.24, 2.45) is 0 Å². The third-order valence-electron chi connectivity index (χ3n) is 10.3. The molecular formula is C45H61Cl2N5O12S3. The Bertz CT molecular complexity index is 2470. The first-order valence-electron chi connectivity index (χ1n) is 21.8. The zero-order chi connectivity index (χ0) is 48.1. The van der Waals surface area contributed by atoms with Crippen molar-refractivity contribution in [1.82, 2.24) is 24.4 Å². The minimum absolute atomic E-state index is 0.0427. The first-order valence-corrected chi connectivity index (χ1v) is 27.0. The largest absolute Gasteiger partial charge is 0.378 e. The van der Waals surface area contributed by atoms with Crippen molar-refractivity contribution < 1.29 is 53.7 Å². The fraction of sp³-hybridized carbons (Fsp3) is 0.467. The van der Waals surface area contributed by atoms with Crippen LogP contribution in [-0.2, 0) is 65.0 Å². The van der Waals surface area contributed by atoms with Gasteiger partial charge in [-0.25, -0.2) is 39.4 Å². The van der Waals surface area contributed by atoms with Crippen LogP contribution in [0.15, 0.2) is 99.6 Å². The molecule has 0 spiro atoms.